The van der Waals surface area contributed by atoms with Crippen LogP contribution >= 0.6 is 8.58 Å². The van der Waals surface area contributed by atoms with Gasteiger partial charge in [0, 0.05) is 11.9 Å². The molecule has 1 aliphatic heterocycles. The van der Waals surface area contributed by atoms with Gasteiger partial charge in [-0.15, -0.1) is 8.58 Å². The SMILES string of the molecule is CC1PCCc2cccnc21. The summed E-state index contributed by atoms with van der Waals surface area (Å²) in [5.74, 6) is 0. The molecule has 58 valence electrons. The van der Waals surface area contributed by atoms with E-state index < -0.39 is 0 Å². The first-order valence-electron chi connectivity index (χ1n) is 4.05. The molecule has 0 aromatic carbocycles. The molecular formula is C9H12NP. The van der Waals surface area contributed by atoms with Crippen LogP contribution < -0.4 is 0 Å². The van der Waals surface area contributed by atoms with Gasteiger partial charge < -0.3 is 0 Å². The molecule has 11 heavy (non-hydrogen) atoms. The van der Waals surface area contributed by atoms with E-state index in [1.807, 2.05) is 12.3 Å². The summed E-state index contributed by atoms with van der Waals surface area (Å²) < 4.78 is 0. The van der Waals surface area contributed by atoms with Crippen molar-refractivity contribution in [2.24, 2.45) is 0 Å². The number of fused-ring (bicyclic) bond motifs is 1. The topological polar surface area (TPSA) is 12.9 Å². The first-order valence-corrected chi connectivity index (χ1v) is 5.33. The van der Waals surface area contributed by atoms with E-state index in [0.29, 0.717) is 5.66 Å². The van der Waals surface area contributed by atoms with Gasteiger partial charge in [0.15, 0.2) is 0 Å². The van der Waals surface area contributed by atoms with Gasteiger partial charge >= 0.3 is 0 Å². The zero-order valence-electron chi connectivity index (χ0n) is 6.67. The molecule has 2 heterocycles. The van der Waals surface area contributed by atoms with Crippen LogP contribution in [0.25, 0.3) is 0 Å². The van der Waals surface area contributed by atoms with Crippen molar-refractivity contribution in [2.75, 3.05) is 6.16 Å². The summed E-state index contributed by atoms with van der Waals surface area (Å²) in [6.45, 7) is 2.28. The highest BCUT2D eigenvalue weighted by molar-refractivity contribution is 7.38. The third-order valence-corrected chi connectivity index (χ3v) is 3.61. The molecule has 1 aromatic rings. The number of nitrogens with zero attached hydrogens (tertiary/aromatic N) is 1. The molecule has 0 saturated heterocycles. The summed E-state index contributed by atoms with van der Waals surface area (Å²) in [6, 6.07) is 4.25. The van der Waals surface area contributed by atoms with Gasteiger partial charge in [-0.05, 0) is 24.2 Å². The summed E-state index contributed by atoms with van der Waals surface area (Å²) >= 11 is 0. The molecule has 0 N–H and O–H groups in total. The van der Waals surface area contributed by atoms with Gasteiger partial charge in [0.25, 0.3) is 0 Å². The minimum absolute atomic E-state index is 0.708. The molecule has 2 heteroatoms. The Bertz CT molecular complexity index is 259. The van der Waals surface area contributed by atoms with E-state index in [2.05, 4.69) is 18.0 Å². The molecule has 0 radical (unpaired) electrons. The minimum Gasteiger partial charge on any atom is -0.260 e. The van der Waals surface area contributed by atoms with E-state index in [0.717, 1.165) is 8.58 Å². The molecule has 1 aliphatic rings. The second kappa shape index (κ2) is 2.91. The van der Waals surface area contributed by atoms with Crippen molar-refractivity contribution in [1.82, 2.24) is 4.98 Å². The molecular weight excluding hydrogens is 153 g/mol. The predicted molar refractivity (Wildman–Crippen MR) is 49.5 cm³/mol. The maximum absolute atomic E-state index is 4.41. The van der Waals surface area contributed by atoms with Crippen LogP contribution in [0.2, 0.25) is 0 Å². The van der Waals surface area contributed by atoms with Gasteiger partial charge in [-0.1, -0.05) is 13.0 Å². The van der Waals surface area contributed by atoms with Gasteiger partial charge in [-0.3, -0.25) is 4.98 Å². The molecule has 0 saturated carbocycles. The Morgan fingerprint density at radius 2 is 2.55 bits per heavy atom. The second-order valence-corrected chi connectivity index (χ2v) is 4.75. The summed E-state index contributed by atoms with van der Waals surface area (Å²) in [6.07, 6.45) is 4.51. The smallest absolute Gasteiger partial charge is 0.0504 e. The van der Waals surface area contributed by atoms with Crippen LogP contribution in [0, 0.1) is 0 Å². The lowest BCUT2D eigenvalue weighted by Gasteiger charge is -2.20. The Morgan fingerprint density at radius 1 is 1.64 bits per heavy atom. The normalized spacial score (nSPS) is 25.0. The van der Waals surface area contributed by atoms with Crippen molar-refractivity contribution in [3.63, 3.8) is 0 Å². The van der Waals surface area contributed by atoms with Crippen LogP contribution in [0.3, 0.4) is 0 Å². The molecule has 0 aliphatic carbocycles. The highest BCUT2D eigenvalue weighted by Crippen LogP contribution is 2.39. The van der Waals surface area contributed by atoms with Gasteiger partial charge in [-0.2, -0.15) is 0 Å². The van der Waals surface area contributed by atoms with Gasteiger partial charge in [0.1, 0.15) is 0 Å². The van der Waals surface area contributed by atoms with Crippen LogP contribution in [0.1, 0.15) is 23.8 Å². The van der Waals surface area contributed by atoms with Crippen molar-refractivity contribution < 1.29 is 0 Å². The minimum atomic E-state index is 0.708. The van der Waals surface area contributed by atoms with Crippen LogP contribution in [0.4, 0.5) is 0 Å². The lowest BCUT2D eigenvalue weighted by molar-refractivity contribution is 0.910. The van der Waals surface area contributed by atoms with Crippen molar-refractivity contribution in [2.45, 2.75) is 19.0 Å². The highest BCUT2D eigenvalue weighted by Gasteiger charge is 2.15. The maximum atomic E-state index is 4.41. The molecule has 0 fully saturated rings. The fraction of sp³-hybridized carbons (Fsp3) is 0.444. The van der Waals surface area contributed by atoms with E-state index >= 15 is 0 Å². The van der Waals surface area contributed by atoms with Gasteiger partial charge in [-0.25, -0.2) is 0 Å². The second-order valence-electron chi connectivity index (χ2n) is 2.97. The van der Waals surface area contributed by atoms with Gasteiger partial charge in [0.2, 0.25) is 0 Å². The summed E-state index contributed by atoms with van der Waals surface area (Å²) in [7, 11) is 1.08. The maximum Gasteiger partial charge on any atom is 0.0504 e. The first-order chi connectivity index (χ1) is 5.38. The molecule has 0 bridgehead atoms. The third-order valence-electron chi connectivity index (χ3n) is 2.18. The van der Waals surface area contributed by atoms with Crippen LogP contribution in [-0.2, 0) is 6.42 Å². The van der Waals surface area contributed by atoms with Crippen LogP contribution in [0.15, 0.2) is 18.3 Å². The third kappa shape index (κ3) is 1.30. The van der Waals surface area contributed by atoms with Crippen LogP contribution in [-0.4, -0.2) is 11.1 Å². The fourth-order valence-electron chi connectivity index (χ4n) is 1.57. The number of rotatable bonds is 0. The first kappa shape index (κ1) is 7.24. The molecule has 0 spiro atoms. The van der Waals surface area contributed by atoms with Crippen molar-refractivity contribution in [3.05, 3.63) is 29.6 Å². The molecule has 0 amide bonds. The number of pyridine rings is 1. The average molecular weight is 165 g/mol. The Labute approximate surface area is 69.0 Å². The van der Waals surface area contributed by atoms with Gasteiger partial charge in [0.05, 0.1) is 5.69 Å². The van der Waals surface area contributed by atoms with E-state index in [9.17, 15) is 0 Å². The summed E-state index contributed by atoms with van der Waals surface area (Å²) in [4.78, 5) is 4.41. The molecule has 1 aromatic heterocycles. The van der Waals surface area contributed by atoms with E-state index in [1.165, 1.54) is 23.8 Å². The monoisotopic (exact) mass is 165 g/mol. The molecule has 1 nitrogen and oxygen atoms in total. The highest BCUT2D eigenvalue weighted by atomic mass is 31.1. The fourth-order valence-corrected chi connectivity index (χ4v) is 2.87. The van der Waals surface area contributed by atoms with E-state index in [4.69, 9.17) is 0 Å². The summed E-state index contributed by atoms with van der Waals surface area (Å²) in [5.41, 5.74) is 3.52. The van der Waals surface area contributed by atoms with E-state index in [1.54, 1.807) is 0 Å². The number of hydrogen-bond acceptors (Lipinski definition) is 1. The van der Waals surface area contributed by atoms with Crippen molar-refractivity contribution >= 4 is 8.58 Å². The predicted octanol–water partition coefficient (Wildman–Crippen LogP) is 2.38. The molecule has 2 atom stereocenters. The lowest BCUT2D eigenvalue weighted by Crippen LogP contribution is -2.05. The quantitative estimate of drug-likeness (QED) is 0.538. The van der Waals surface area contributed by atoms with E-state index in [-0.39, 0.29) is 0 Å². The summed E-state index contributed by atoms with van der Waals surface area (Å²) in [5, 5.41) is 0. The van der Waals surface area contributed by atoms with Crippen molar-refractivity contribution in [1.29, 1.82) is 0 Å². The molecule has 2 rings (SSSR count). The van der Waals surface area contributed by atoms with Crippen LogP contribution in [0.5, 0.6) is 0 Å². The number of aromatic nitrogens is 1. The lowest BCUT2D eigenvalue weighted by atomic mass is 10.1. The zero-order chi connectivity index (χ0) is 7.68. The number of hydrogen-bond donors (Lipinski definition) is 0. The number of aryl methyl sites for hydroxylation is 1. The standard InChI is InChI=1S/C9H12NP/c1-7-9-8(4-6-11-7)3-2-5-10-9/h2-3,5,7,11H,4,6H2,1H3. The largest absolute Gasteiger partial charge is 0.260 e. The zero-order valence-corrected chi connectivity index (χ0v) is 7.67. The Morgan fingerprint density at radius 3 is 3.36 bits per heavy atom. The Balaban J connectivity index is 2.44. The average Bonchev–Trinajstić information content (AvgIpc) is 2.06. The Hall–Kier alpha value is -0.420. The molecule has 2 unspecified atom stereocenters. The Kier molecular flexibility index (Phi) is 1.91. The van der Waals surface area contributed by atoms with Crippen molar-refractivity contribution in [3.8, 4) is 0 Å².